The highest BCUT2D eigenvalue weighted by Gasteiger charge is 2.15. The molecule has 0 bridgehead atoms. The van der Waals surface area contributed by atoms with Gasteiger partial charge in [0.25, 0.3) is 0 Å². The van der Waals surface area contributed by atoms with Crippen LogP contribution in [0.3, 0.4) is 0 Å². The number of amides is 1. The standard InChI is InChI=1S/C20H18FN7O/c1-4-18(29)24-13-5-6-16-14(9-13)12(2)11-28(16)19-15(21)10-22-20(26-19)25-17-7-8-23-27(17)3/h4-11H,1H2,2-3H3,(H,24,29)(H,22,25,26). The molecule has 2 N–H and O–H groups in total. The van der Waals surface area contributed by atoms with Gasteiger partial charge < -0.3 is 10.6 Å². The van der Waals surface area contributed by atoms with E-state index in [2.05, 4.69) is 32.3 Å². The summed E-state index contributed by atoms with van der Waals surface area (Å²) in [6, 6.07) is 7.14. The monoisotopic (exact) mass is 391 g/mol. The minimum Gasteiger partial charge on any atom is -0.323 e. The van der Waals surface area contributed by atoms with Gasteiger partial charge in [0.15, 0.2) is 11.6 Å². The van der Waals surface area contributed by atoms with E-state index in [0.717, 1.165) is 22.7 Å². The molecular formula is C20H18FN7O. The molecule has 146 valence electrons. The molecule has 9 heteroatoms. The number of nitrogens with one attached hydrogen (secondary N) is 2. The number of hydrogen-bond acceptors (Lipinski definition) is 5. The van der Waals surface area contributed by atoms with Gasteiger partial charge in [0.1, 0.15) is 5.82 Å². The van der Waals surface area contributed by atoms with Crippen molar-refractivity contribution >= 4 is 34.3 Å². The van der Waals surface area contributed by atoms with E-state index in [4.69, 9.17) is 0 Å². The third kappa shape index (κ3) is 3.45. The summed E-state index contributed by atoms with van der Waals surface area (Å²) in [5.41, 5.74) is 2.29. The number of rotatable bonds is 5. The van der Waals surface area contributed by atoms with Crippen LogP contribution in [0.2, 0.25) is 0 Å². The SMILES string of the molecule is C=CC(=O)Nc1ccc2c(c1)c(C)cn2-c1nc(Nc2ccnn2C)ncc1F. The van der Waals surface area contributed by atoms with Crippen LogP contribution in [-0.2, 0) is 11.8 Å². The second-order valence-corrected chi connectivity index (χ2v) is 6.44. The average molecular weight is 391 g/mol. The summed E-state index contributed by atoms with van der Waals surface area (Å²) in [6.07, 6.45) is 5.76. The molecule has 4 rings (SSSR count). The summed E-state index contributed by atoms with van der Waals surface area (Å²) < 4.78 is 17.9. The Morgan fingerprint density at radius 2 is 2.14 bits per heavy atom. The molecule has 0 fully saturated rings. The Balaban J connectivity index is 1.76. The van der Waals surface area contributed by atoms with Crippen LogP contribution in [0.15, 0.2) is 55.5 Å². The zero-order chi connectivity index (χ0) is 20.5. The number of carbonyl (C=O) groups is 1. The number of carbonyl (C=O) groups excluding carboxylic acids is 1. The average Bonchev–Trinajstić information content (AvgIpc) is 3.26. The third-order valence-corrected chi connectivity index (χ3v) is 4.47. The van der Waals surface area contributed by atoms with Crippen molar-refractivity contribution in [3.8, 4) is 5.82 Å². The molecule has 1 amide bonds. The van der Waals surface area contributed by atoms with E-state index in [1.165, 1.54) is 6.08 Å². The lowest BCUT2D eigenvalue weighted by Gasteiger charge is -2.10. The molecular weight excluding hydrogens is 373 g/mol. The Labute approximate surface area is 165 Å². The third-order valence-electron chi connectivity index (χ3n) is 4.47. The molecule has 0 aliphatic rings. The molecule has 0 atom stereocenters. The molecule has 0 saturated carbocycles. The predicted octanol–water partition coefficient (Wildman–Crippen LogP) is 3.47. The van der Waals surface area contributed by atoms with Crippen LogP contribution < -0.4 is 10.6 Å². The lowest BCUT2D eigenvalue weighted by atomic mass is 10.2. The highest BCUT2D eigenvalue weighted by molar-refractivity contribution is 6.00. The second kappa shape index (κ2) is 7.19. The number of benzene rings is 1. The summed E-state index contributed by atoms with van der Waals surface area (Å²) in [6.45, 7) is 5.36. The first-order valence-corrected chi connectivity index (χ1v) is 8.79. The van der Waals surface area contributed by atoms with Gasteiger partial charge in [0, 0.05) is 30.4 Å². The fourth-order valence-corrected chi connectivity index (χ4v) is 3.04. The summed E-state index contributed by atoms with van der Waals surface area (Å²) in [5.74, 6) is 0.194. The molecule has 8 nitrogen and oxygen atoms in total. The fourth-order valence-electron chi connectivity index (χ4n) is 3.04. The van der Waals surface area contributed by atoms with E-state index in [1.54, 1.807) is 46.9 Å². The second-order valence-electron chi connectivity index (χ2n) is 6.44. The normalized spacial score (nSPS) is 10.9. The van der Waals surface area contributed by atoms with Crippen molar-refractivity contribution < 1.29 is 9.18 Å². The number of aromatic nitrogens is 5. The quantitative estimate of drug-likeness (QED) is 0.509. The molecule has 3 heterocycles. The molecule has 0 radical (unpaired) electrons. The van der Waals surface area contributed by atoms with E-state index in [0.29, 0.717) is 11.5 Å². The highest BCUT2D eigenvalue weighted by Crippen LogP contribution is 2.28. The lowest BCUT2D eigenvalue weighted by molar-refractivity contribution is -0.111. The van der Waals surface area contributed by atoms with Gasteiger partial charge in [-0.2, -0.15) is 10.1 Å². The van der Waals surface area contributed by atoms with Crippen LogP contribution in [0.25, 0.3) is 16.7 Å². The maximum atomic E-state index is 14.6. The fraction of sp³-hybridized carbons (Fsp3) is 0.100. The number of fused-ring (bicyclic) bond motifs is 1. The minimum atomic E-state index is -0.554. The zero-order valence-electron chi connectivity index (χ0n) is 15.8. The van der Waals surface area contributed by atoms with Crippen molar-refractivity contribution in [3.05, 3.63) is 66.9 Å². The smallest absolute Gasteiger partial charge is 0.247 e. The maximum Gasteiger partial charge on any atom is 0.247 e. The molecule has 0 aliphatic carbocycles. The summed E-state index contributed by atoms with van der Waals surface area (Å²) in [7, 11) is 1.78. The molecule has 29 heavy (non-hydrogen) atoms. The van der Waals surface area contributed by atoms with Gasteiger partial charge in [-0.05, 0) is 36.8 Å². The molecule has 3 aromatic heterocycles. The Morgan fingerprint density at radius 3 is 2.86 bits per heavy atom. The van der Waals surface area contributed by atoms with Crippen molar-refractivity contribution in [1.82, 2.24) is 24.3 Å². The highest BCUT2D eigenvalue weighted by atomic mass is 19.1. The molecule has 0 spiro atoms. The zero-order valence-corrected chi connectivity index (χ0v) is 15.8. The minimum absolute atomic E-state index is 0.116. The van der Waals surface area contributed by atoms with Gasteiger partial charge in [0.05, 0.1) is 17.9 Å². The van der Waals surface area contributed by atoms with E-state index in [9.17, 15) is 9.18 Å². The summed E-state index contributed by atoms with van der Waals surface area (Å²) in [4.78, 5) is 19.9. The number of aryl methyl sites for hydroxylation is 2. The van der Waals surface area contributed by atoms with Crippen molar-refractivity contribution in [3.63, 3.8) is 0 Å². The first-order valence-electron chi connectivity index (χ1n) is 8.79. The van der Waals surface area contributed by atoms with Crippen molar-refractivity contribution in [2.75, 3.05) is 10.6 Å². The largest absolute Gasteiger partial charge is 0.323 e. The van der Waals surface area contributed by atoms with E-state index < -0.39 is 5.82 Å². The maximum absolute atomic E-state index is 14.6. The summed E-state index contributed by atoms with van der Waals surface area (Å²) >= 11 is 0. The van der Waals surface area contributed by atoms with Crippen molar-refractivity contribution in [2.24, 2.45) is 7.05 Å². The van der Waals surface area contributed by atoms with Crippen LogP contribution in [0, 0.1) is 12.7 Å². The van der Waals surface area contributed by atoms with Gasteiger partial charge in [-0.3, -0.25) is 14.0 Å². The van der Waals surface area contributed by atoms with Crippen LogP contribution in [0.5, 0.6) is 0 Å². The van der Waals surface area contributed by atoms with Gasteiger partial charge in [-0.1, -0.05) is 6.58 Å². The van der Waals surface area contributed by atoms with Crippen molar-refractivity contribution in [1.29, 1.82) is 0 Å². The Kier molecular flexibility index (Phi) is 4.55. The van der Waals surface area contributed by atoms with Gasteiger partial charge in [-0.15, -0.1) is 0 Å². The molecule has 4 aromatic rings. The van der Waals surface area contributed by atoms with Crippen molar-refractivity contribution in [2.45, 2.75) is 6.92 Å². The Morgan fingerprint density at radius 1 is 1.31 bits per heavy atom. The van der Waals surface area contributed by atoms with E-state index in [1.807, 2.05) is 13.0 Å². The number of halogens is 1. The number of anilines is 3. The van der Waals surface area contributed by atoms with Gasteiger partial charge in [-0.25, -0.2) is 9.37 Å². The number of hydrogen-bond donors (Lipinski definition) is 2. The Bertz CT molecular complexity index is 1240. The topological polar surface area (TPSA) is 89.7 Å². The van der Waals surface area contributed by atoms with E-state index >= 15 is 0 Å². The lowest BCUT2D eigenvalue weighted by Crippen LogP contribution is -2.08. The van der Waals surface area contributed by atoms with Crippen LogP contribution in [-0.4, -0.2) is 30.2 Å². The summed E-state index contributed by atoms with van der Waals surface area (Å²) in [5, 5.41) is 10.7. The Hall–Kier alpha value is -4.01. The molecule has 0 unspecified atom stereocenters. The van der Waals surface area contributed by atoms with Gasteiger partial charge in [0.2, 0.25) is 11.9 Å². The van der Waals surface area contributed by atoms with E-state index in [-0.39, 0.29) is 17.7 Å². The predicted molar refractivity (Wildman–Crippen MR) is 109 cm³/mol. The number of nitrogens with zero attached hydrogens (tertiary/aromatic N) is 5. The van der Waals surface area contributed by atoms with Crippen LogP contribution >= 0.6 is 0 Å². The molecule has 0 aliphatic heterocycles. The van der Waals surface area contributed by atoms with Crippen LogP contribution in [0.4, 0.5) is 21.8 Å². The molecule has 1 aromatic carbocycles. The first-order chi connectivity index (χ1) is 14.0. The van der Waals surface area contributed by atoms with Crippen LogP contribution in [0.1, 0.15) is 5.56 Å². The first kappa shape index (κ1) is 18.4. The molecule has 0 saturated heterocycles. The van der Waals surface area contributed by atoms with Gasteiger partial charge >= 0.3 is 0 Å².